The lowest BCUT2D eigenvalue weighted by Gasteiger charge is -2.10. The molecule has 0 saturated heterocycles. The summed E-state index contributed by atoms with van der Waals surface area (Å²) in [5.41, 5.74) is 6.46. The molecule has 0 aliphatic carbocycles. The van der Waals surface area contributed by atoms with Gasteiger partial charge in [0.05, 0.1) is 6.42 Å². The molecule has 3 N–H and O–H groups in total. The Morgan fingerprint density at radius 1 is 1.47 bits per heavy atom. The van der Waals surface area contributed by atoms with Crippen LogP contribution in [0, 0.1) is 0 Å². The molecule has 1 atom stereocenters. The summed E-state index contributed by atoms with van der Waals surface area (Å²) in [6.07, 6.45) is 0.362. The van der Waals surface area contributed by atoms with Crippen LogP contribution in [-0.4, -0.2) is 17.1 Å². The molecule has 15 heavy (non-hydrogen) atoms. The van der Waals surface area contributed by atoms with Gasteiger partial charge in [-0.3, -0.25) is 4.79 Å². The third-order valence-electron chi connectivity index (χ3n) is 1.93. The molecule has 1 aromatic carbocycles. The summed E-state index contributed by atoms with van der Waals surface area (Å²) >= 11 is 11.7. The van der Waals surface area contributed by atoms with Gasteiger partial charge in [0.1, 0.15) is 0 Å². The second-order valence-corrected chi connectivity index (χ2v) is 4.14. The molecule has 0 spiro atoms. The molecular formula is C10H11Cl2NO2. The van der Waals surface area contributed by atoms with E-state index in [0.29, 0.717) is 16.5 Å². The normalized spacial score (nSPS) is 12.5. The fraction of sp³-hybridized carbons (Fsp3) is 0.300. The zero-order chi connectivity index (χ0) is 11.4. The first-order chi connectivity index (χ1) is 6.99. The first-order valence-electron chi connectivity index (χ1n) is 4.40. The Morgan fingerprint density at radius 3 is 2.67 bits per heavy atom. The predicted molar refractivity (Wildman–Crippen MR) is 60.4 cm³/mol. The van der Waals surface area contributed by atoms with E-state index in [0.717, 1.165) is 5.56 Å². The first-order valence-corrected chi connectivity index (χ1v) is 5.16. The number of benzene rings is 1. The molecule has 1 rings (SSSR count). The number of halogens is 2. The lowest BCUT2D eigenvalue weighted by Crippen LogP contribution is -2.26. The van der Waals surface area contributed by atoms with Crippen molar-refractivity contribution in [3.05, 3.63) is 33.8 Å². The van der Waals surface area contributed by atoms with Gasteiger partial charge in [0.2, 0.25) is 0 Å². The van der Waals surface area contributed by atoms with Crippen LogP contribution >= 0.6 is 23.2 Å². The quantitative estimate of drug-likeness (QED) is 0.859. The van der Waals surface area contributed by atoms with E-state index in [2.05, 4.69) is 0 Å². The Balaban J connectivity index is 2.68. The van der Waals surface area contributed by atoms with E-state index in [4.69, 9.17) is 34.0 Å². The van der Waals surface area contributed by atoms with Crippen molar-refractivity contribution in [3.8, 4) is 0 Å². The number of carboxylic acids is 1. The van der Waals surface area contributed by atoms with Crippen LogP contribution in [0.2, 0.25) is 10.0 Å². The van der Waals surface area contributed by atoms with E-state index >= 15 is 0 Å². The summed E-state index contributed by atoms with van der Waals surface area (Å²) in [6.45, 7) is 0. The maximum absolute atomic E-state index is 10.4. The summed E-state index contributed by atoms with van der Waals surface area (Å²) < 4.78 is 0. The third kappa shape index (κ3) is 4.08. The molecule has 0 bridgehead atoms. The van der Waals surface area contributed by atoms with Crippen LogP contribution in [0.4, 0.5) is 0 Å². The molecule has 0 fully saturated rings. The van der Waals surface area contributed by atoms with Gasteiger partial charge in [-0.25, -0.2) is 0 Å². The molecule has 0 radical (unpaired) electrons. The molecule has 1 aromatic rings. The maximum atomic E-state index is 10.4. The zero-order valence-electron chi connectivity index (χ0n) is 7.91. The topological polar surface area (TPSA) is 63.3 Å². The molecule has 1 unspecified atom stereocenters. The SMILES string of the molecule is NC(CC(=O)O)Cc1ccc(Cl)cc1Cl. The fourth-order valence-electron chi connectivity index (χ4n) is 1.27. The van der Waals surface area contributed by atoms with Crippen LogP contribution in [-0.2, 0) is 11.2 Å². The van der Waals surface area contributed by atoms with E-state index in [1.807, 2.05) is 0 Å². The van der Waals surface area contributed by atoms with Gasteiger partial charge in [-0.05, 0) is 24.1 Å². The molecule has 0 aliphatic rings. The number of hydrogen-bond acceptors (Lipinski definition) is 2. The van der Waals surface area contributed by atoms with Crippen LogP contribution in [0.5, 0.6) is 0 Å². The molecule has 3 nitrogen and oxygen atoms in total. The molecule has 0 amide bonds. The summed E-state index contributed by atoms with van der Waals surface area (Å²) in [4.78, 5) is 10.4. The number of carbonyl (C=O) groups is 1. The Labute approximate surface area is 97.8 Å². The van der Waals surface area contributed by atoms with Gasteiger partial charge in [0.15, 0.2) is 0 Å². The van der Waals surface area contributed by atoms with E-state index in [1.54, 1.807) is 18.2 Å². The maximum Gasteiger partial charge on any atom is 0.304 e. The Kier molecular flexibility index (Phi) is 4.39. The van der Waals surface area contributed by atoms with Gasteiger partial charge < -0.3 is 10.8 Å². The molecule has 0 aromatic heterocycles. The van der Waals surface area contributed by atoms with Crippen molar-refractivity contribution in [1.29, 1.82) is 0 Å². The van der Waals surface area contributed by atoms with Gasteiger partial charge in [-0.1, -0.05) is 29.3 Å². The highest BCUT2D eigenvalue weighted by atomic mass is 35.5. The third-order valence-corrected chi connectivity index (χ3v) is 2.52. The van der Waals surface area contributed by atoms with Crippen LogP contribution in [0.3, 0.4) is 0 Å². The smallest absolute Gasteiger partial charge is 0.304 e. The first kappa shape index (κ1) is 12.3. The van der Waals surface area contributed by atoms with E-state index in [-0.39, 0.29) is 6.42 Å². The van der Waals surface area contributed by atoms with Crippen LogP contribution in [0.25, 0.3) is 0 Å². The van der Waals surface area contributed by atoms with E-state index in [1.165, 1.54) is 0 Å². The molecular weight excluding hydrogens is 237 g/mol. The summed E-state index contributed by atoms with van der Waals surface area (Å²) in [5.74, 6) is -0.910. The Morgan fingerprint density at radius 2 is 2.13 bits per heavy atom. The molecule has 0 heterocycles. The van der Waals surface area contributed by atoms with Crippen molar-refractivity contribution in [3.63, 3.8) is 0 Å². The van der Waals surface area contributed by atoms with Crippen LogP contribution in [0.15, 0.2) is 18.2 Å². The largest absolute Gasteiger partial charge is 0.481 e. The second kappa shape index (κ2) is 5.35. The van der Waals surface area contributed by atoms with Gasteiger partial charge in [-0.15, -0.1) is 0 Å². The Bertz CT molecular complexity index is 368. The number of hydrogen-bond donors (Lipinski definition) is 2. The average molecular weight is 248 g/mol. The van der Waals surface area contributed by atoms with Crippen molar-refractivity contribution in [2.75, 3.05) is 0 Å². The van der Waals surface area contributed by atoms with Crippen molar-refractivity contribution in [2.24, 2.45) is 5.73 Å². The lowest BCUT2D eigenvalue weighted by molar-refractivity contribution is -0.137. The second-order valence-electron chi connectivity index (χ2n) is 3.30. The molecule has 82 valence electrons. The molecule has 0 aliphatic heterocycles. The van der Waals surface area contributed by atoms with Gasteiger partial charge in [0, 0.05) is 16.1 Å². The van der Waals surface area contributed by atoms with E-state index in [9.17, 15) is 4.79 Å². The standard InChI is InChI=1S/C10H11Cl2NO2/c11-7-2-1-6(9(12)4-7)3-8(13)5-10(14)15/h1-2,4,8H,3,5,13H2,(H,14,15). The number of nitrogens with two attached hydrogens (primary N) is 1. The van der Waals surface area contributed by atoms with Crippen LogP contribution in [0.1, 0.15) is 12.0 Å². The number of aliphatic carboxylic acids is 1. The van der Waals surface area contributed by atoms with E-state index < -0.39 is 12.0 Å². The summed E-state index contributed by atoms with van der Waals surface area (Å²) in [7, 11) is 0. The van der Waals surface area contributed by atoms with Crippen molar-refractivity contribution < 1.29 is 9.90 Å². The van der Waals surface area contributed by atoms with Crippen molar-refractivity contribution in [2.45, 2.75) is 18.9 Å². The van der Waals surface area contributed by atoms with Gasteiger partial charge in [0.25, 0.3) is 0 Å². The Hall–Kier alpha value is -0.770. The van der Waals surface area contributed by atoms with Crippen molar-refractivity contribution >= 4 is 29.2 Å². The number of rotatable bonds is 4. The van der Waals surface area contributed by atoms with Gasteiger partial charge in [-0.2, -0.15) is 0 Å². The number of carboxylic acid groups (broad SMARTS) is 1. The van der Waals surface area contributed by atoms with Gasteiger partial charge >= 0.3 is 5.97 Å². The minimum absolute atomic E-state index is 0.0705. The lowest BCUT2D eigenvalue weighted by atomic mass is 10.0. The van der Waals surface area contributed by atoms with Crippen LogP contribution < -0.4 is 5.73 Å². The minimum atomic E-state index is -0.910. The monoisotopic (exact) mass is 247 g/mol. The average Bonchev–Trinajstić information content (AvgIpc) is 2.08. The molecule has 0 saturated carbocycles. The highest BCUT2D eigenvalue weighted by Gasteiger charge is 2.11. The predicted octanol–water partition coefficient (Wildman–Crippen LogP) is 2.34. The summed E-state index contributed by atoms with van der Waals surface area (Å²) in [6, 6.07) is 4.65. The highest BCUT2D eigenvalue weighted by Crippen LogP contribution is 2.22. The van der Waals surface area contributed by atoms with Crippen molar-refractivity contribution in [1.82, 2.24) is 0 Å². The highest BCUT2D eigenvalue weighted by molar-refractivity contribution is 6.35. The fourth-order valence-corrected chi connectivity index (χ4v) is 1.75. The summed E-state index contributed by atoms with van der Waals surface area (Å²) in [5, 5.41) is 9.61. The minimum Gasteiger partial charge on any atom is -0.481 e. The molecule has 5 heteroatoms. The zero-order valence-corrected chi connectivity index (χ0v) is 9.42.